The molecule has 7 heteroatoms. The van der Waals surface area contributed by atoms with Gasteiger partial charge in [-0.3, -0.25) is 4.79 Å². The lowest BCUT2D eigenvalue weighted by Gasteiger charge is -2.33. The van der Waals surface area contributed by atoms with E-state index >= 15 is 0 Å². The summed E-state index contributed by atoms with van der Waals surface area (Å²) in [4.78, 5) is 13.9. The van der Waals surface area contributed by atoms with Crippen LogP contribution in [0.25, 0.3) is 0 Å². The average Bonchev–Trinajstić information content (AvgIpc) is 2.41. The normalized spacial score (nSPS) is 19.0. The summed E-state index contributed by atoms with van der Waals surface area (Å²) < 4.78 is 5.45. The number of hydrogen-bond acceptors (Lipinski definition) is 3. The third kappa shape index (κ3) is 3.70. The van der Waals surface area contributed by atoms with Gasteiger partial charge in [0.15, 0.2) is 6.61 Å². The Morgan fingerprint density at radius 2 is 2.05 bits per heavy atom. The molecule has 0 aliphatic carbocycles. The molecule has 1 aliphatic rings. The minimum Gasteiger partial charge on any atom is -0.482 e. The number of rotatable bonds is 3. The third-order valence-corrected chi connectivity index (χ3v) is 4.17. The van der Waals surface area contributed by atoms with E-state index < -0.39 is 0 Å². The molecule has 2 rings (SSSR count). The highest BCUT2D eigenvalue weighted by Crippen LogP contribution is 2.33. The van der Waals surface area contributed by atoms with Crippen LogP contribution in [0.2, 0.25) is 15.1 Å². The maximum Gasteiger partial charge on any atom is 0.260 e. The zero-order valence-electron chi connectivity index (χ0n) is 11.0. The zero-order valence-corrected chi connectivity index (χ0v) is 13.2. The second-order valence-corrected chi connectivity index (χ2v) is 5.85. The quantitative estimate of drug-likeness (QED) is 0.862. The lowest BCUT2D eigenvalue weighted by atomic mass is 10.2. The number of amides is 1. The topological polar surface area (TPSA) is 41.6 Å². The van der Waals surface area contributed by atoms with Crippen molar-refractivity contribution in [1.29, 1.82) is 0 Å². The first-order chi connectivity index (χ1) is 9.49. The molecule has 1 atom stereocenters. The molecule has 1 aromatic carbocycles. The fourth-order valence-corrected chi connectivity index (χ4v) is 2.64. The monoisotopic (exact) mass is 336 g/mol. The van der Waals surface area contributed by atoms with Crippen LogP contribution < -0.4 is 10.1 Å². The Morgan fingerprint density at radius 1 is 1.35 bits per heavy atom. The Morgan fingerprint density at radius 3 is 2.75 bits per heavy atom. The summed E-state index contributed by atoms with van der Waals surface area (Å²) in [5.74, 6) is 0.290. The summed E-state index contributed by atoms with van der Waals surface area (Å²) in [6.45, 7) is 4.19. The smallest absolute Gasteiger partial charge is 0.260 e. The van der Waals surface area contributed by atoms with Gasteiger partial charge in [-0.15, -0.1) is 0 Å². The number of nitrogens with zero attached hydrogens (tertiary/aromatic N) is 1. The molecule has 1 saturated heterocycles. The molecule has 0 bridgehead atoms. The van der Waals surface area contributed by atoms with Gasteiger partial charge in [0.05, 0.1) is 15.1 Å². The van der Waals surface area contributed by atoms with E-state index in [0.717, 1.165) is 13.1 Å². The van der Waals surface area contributed by atoms with Gasteiger partial charge in [0.1, 0.15) is 5.75 Å². The van der Waals surface area contributed by atoms with Crippen molar-refractivity contribution in [3.63, 3.8) is 0 Å². The number of carbonyl (C=O) groups is 1. The maximum absolute atomic E-state index is 12.1. The van der Waals surface area contributed by atoms with Crippen molar-refractivity contribution in [1.82, 2.24) is 10.2 Å². The minimum atomic E-state index is -0.0684. The second-order valence-electron chi connectivity index (χ2n) is 4.63. The Kier molecular flexibility index (Phi) is 5.38. The number of hydrogen-bond donors (Lipinski definition) is 1. The van der Waals surface area contributed by atoms with E-state index in [-0.39, 0.29) is 18.6 Å². The number of carbonyl (C=O) groups excluding carboxylic acids is 1. The minimum absolute atomic E-state index is 0.0674. The number of ether oxygens (including phenoxy) is 1. The van der Waals surface area contributed by atoms with Crippen molar-refractivity contribution in [3.05, 3.63) is 27.2 Å². The van der Waals surface area contributed by atoms with Gasteiger partial charge in [-0.25, -0.2) is 0 Å². The van der Waals surface area contributed by atoms with Gasteiger partial charge in [-0.2, -0.15) is 0 Å². The Labute approximate surface area is 132 Å². The first kappa shape index (κ1) is 15.7. The van der Waals surface area contributed by atoms with Crippen LogP contribution in [0.5, 0.6) is 5.75 Å². The van der Waals surface area contributed by atoms with Gasteiger partial charge in [-0.1, -0.05) is 34.8 Å². The van der Waals surface area contributed by atoms with Crippen LogP contribution in [0.1, 0.15) is 6.92 Å². The van der Waals surface area contributed by atoms with Gasteiger partial charge >= 0.3 is 0 Å². The first-order valence-electron chi connectivity index (χ1n) is 6.26. The standard InChI is InChI=1S/C13H15Cl3N2O2/c1-8-6-17-2-3-18(8)13(19)7-20-12-5-10(15)9(14)4-11(12)16/h4-5,8,17H,2-3,6-7H2,1H3/t8-/m1/s1. The second kappa shape index (κ2) is 6.85. The highest BCUT2D eigenvalue weighted by Gasteiger charge is 2.23. The third-order valence-electron chi connectivity index (χ3n) is 3.15. The van der Waals surface area contributed by atoms with Gasteiger partial charge in [0.2, 0.25) is 0 Å². The zero-order chi connectivity index (χ0) is 14.7. The molecule has 1 aromatic rings. The van der Waals surface area contributed by atoms with Crippen molar-refractivity contribution in [3.8, 4) is 5.75 Å². The highest BCUT2D eigenvalue weighted by molar-refractivity contribution is 6.43. The lowest BCUT2D eigenvalue weighted by molar-refractivity contribution is -0.136. The van der Waals surface area contributed by atoms with Crippen LogP contribution in [0.15, 0.2) is 12.1 Å². The van der Waals surface area contributed by atoms with E-state index in [4.69, 9.17) is 39.5 Å². The summed E-state index contributed by atoms with van der Waals surface area (Å²) in [5.41, 5.74) is 0. The summed E-state index contributed by atoms with van der Waals surface area (Å²) in [6.07, 6.45) is 0. The van der Waals surface area contributed by atoms with Crippen LogP contribution in [0.3, 0.4) is 0 Å². The fourth-order valence-electron chi connectivity index (χ4n) is 2.05. The molecular weight excluding hydrogens is 323 g/mol. The van der Waals surface area contributed by atoms with Crippen molar-refractivity contribution in [2.45, 2.75) is 13.0 Å². The van der Waals surface area contributed by atoms with Crippen molar-refractivity contribution >= 4 is 40.7 Å². The summed E-state index contributed by atoms with van der Waals surface area (Å²) in [5, 5.41) is 4.26. The van der Waals surface area contributed by atoms with E-state index in [1.807, 2.05) is 6.92 Å². The fraction of sp³-hybridized carbons (Fsp3) is 0.462. The molecule has 0 aromatic heterocycles. The summed E-state index contributed by atoms with van der Waals surface area (Å²) >= 11 is 17.7. The van der Waals surface area contributed by atoms with E-state index in [1.54, 1.807) is 4.90 Å². The van der Waals surface area contributed by atoms with Crippen molar-refractivity contribution in [2.75, 3.05) is 26.2 Å². The largest absolute Gasteiger partial charge is 0.482 e. The molecule has 1 fully saturated rings. The molecule has 20 heavy (non-hydrogen) atoms. The Hall–Kier alpha value is -0.680. The lowest BCUT2D eigenvalue weighted by Crippen LogP contribution is -2.53. The molecule has 1 N–H and O–H groups in total. The van der Waals surface area contributed by atoms with Crippen molar-refractivity contribution < 1.29 is 9.53 Å². The maximum atomic E-state index is 12.1. The van der Waals surface area contributed by atoms with Crippen LogP contribution >= 0.6 is 34.8 Å². The number of halogens is 3. The number of nitrogens with one attached hydrogen (secondary N) is 1. The Bertz CT molecular complexity index is 511. The molecular formula is C13H15Cl3N2O2. The molecule has 0 spiro atoms. The van der Waals surface area contributed by atoms with E-state index in [2.05, 4.69) is 5.32 Å². The summed E-state index contributed by atoms with van der Waals surface area (Å²) in [7, 11) is 0. The molecule has 0 radical (unpaired) electrons. The molecule has 110 valence electrons. The van der Waals surface area contributed by atoms with E-state index in [9.17, 15) is 4.79 Å². The highest BCUT2D eigenvalue weighted by atomic mass is 35.5. The van der Waals surface area contributed by atoms with Gasteiger partial charge in [-0.05, 0) is 13.0 Å². The van der Waals surface area contributed by atoms with Gasteiger partial charge in [0.25, 0.3) is 5.91 Å². The number of piperazine rings is 1. The van der Waals surface area contributed by atoms with Crippen LogP contribution in [0.4, 0.5) is 0 Å². The molecule has 1 amide bonds. The molecule has 0 unspecified atom stereocenters. The van der Waals surface area contributed by atoms with Crippen LogP contribution in [0, 0.1) is 0 Å². The predicted octanol–water partition coefficient (Wildman–Crippen LogP) is 2.85. The molecule has 1 heterocycles. The van der Waals surface area contributed by atoms with Crippen LogP contribution in [-0.2, 0) is 4.79 Å². The predicted molar refractivity (Wildman–Crippen MR) is 81.0 cm³/mol. The van der Waals surface area contributed by atoms with Crippen molar-refractivity contribution in [2.24, 2.45) is 0 Å². The SMILES string of the molecule is C[C@@H]1CNCCN1C(=O)COc1cc(Cl)c(Cl)cc1Cl. The summed E-state index contributed by atoms with van der Waals surface area (Å²) in [6, 6.07) is 3.17. The van der Waals surface area contributed by atoms with Gasteiger partial charge < -0.3 is 15.0 Å². The number of benzene rings is 1. The van der Waals surface area contributed by atoms with E-state index in [0.29, 0.717) is 27.4 Å². The van der Waals surface area contributed by atoms with Gasteiger partial charge in [0, 0.05) is 31.7 Å². The van der Waals surface area contributed by atoms with E-state index in [1.165, 1.54) is 12.1 Å². The Balaban J connectivity index is 1.98. The molecule has 1 aliphatic heterocycles. The molecule has 4 nitrogen and oxygen atoms in total. The average molecular weight is 338 g/mol. The van der Waals surface area contributed by atoms with Crippen LogP contribution in [-0.4, -0.2) is 43.1 Å². The molecule has 0 saturated carbocycles. The first-order valence-corrected chi connectivity index (χ1v) is 7.40.